The summed E-state index contributed by atoms with van der Waals surface area (Å²) in [5, 5.41) is 11.6. The number of hydrogen-bond acceptors (Lipinski definition) is 7. The van der Waals surface area contributed by atoms with Crippen molar-refractivity contribution in [3.63, 3.8) is 0 Å². The number of nitrogens with zero attached hydrogens (tertiary/aromatic N) is 1. The van der Waals surface area contributed by atoms with Gasteiger partial charge in [0.25, 0.3) is 0 Å². The predicted molar refractivity (Wildman–Crippen MR) is 245 cm³/mol. The zero-order chi connectivity index (χ0) is 43.5. The van der Waals surface area contributed by atoms with Crippen LogP contribution in [0.1, 0.15) is 206 Å². The predicted octanol–water partition coefficient (Wildman–Crippen LogP) is 12.3. The van der Waals surface area contributed by atoms with Crippen molar-refractivity contribution >= 4 is 17.9 Å². The number of rotatable bonds is 43. The van der Waals surface area contributed by atoms with Crippen molar-refractivity contribution in [1.82, 2.24) is 0 Å². The average Bonchev–Trinajstić information content (AvgIpc) is 3.19. The van der Waals surface area contributed by atoms with Crippen LogP contribution in [-0.4, -0.2) is 75.5 Å². The lowest BCUT2D eigenvalue weighted by atomic mass is 10.0. The summed E-state index contributed by atoms with van der Waals surface area (Å²) in [4.78, 5) is 36.9. The van der Waals surface area contributed by atoms with E-state index < -0.39 is 18.1 Å². The van der Waals surface area contributed by atoms with Crippen molar-refractivity contribution in [3.05, 3.63) is 48.6 Å². The second kappa shape index (κ2) is 42.0. The summed E-state index contributed by atoms with van der Waals surface area (Å²) >= 11 is 0. The summed E-state index contributed by atoms with van der Waals surface area (Å²) in [5.41, 5.74) is 0. The van der Waals surface area contributed by atoms with E-state index in [0.717, 1.165) is 64.2 Å². The molecule has 0 aromatic carbocycles. The summed E-state index contributed by atoms with van der Waals surface area (Å²) in [6.07, 6.45) is 50.0. The van der Waals surface area contributed by atoms with Crippen LogP contribution in [0, 0.1) is 0 Å². The molecule has 0 aliphatic rings. The number of carbonyl (C=O) groups excluding carboxylic acids is 3. The molecule has 0 saturated carbocycles. The van der Waals surface area contributed by atoms with Crippen LogP contribution in [0.5, 0.6) is 0 Å². The maximum absolute atomic E-state index is 12.7. The number of carbonyl (C=O) groups is 3. The van der Waals surface area contributed by atoms with Crippen LogP contribution in [-0.2, 0) is 28.6 Å². The number of allylic oxidation sites excluding steroid dienone is 8. The highest BCUT2D eigenvalue weighted by Crippen LogP contribution is 2.15. The van der Waals surface area contributed by atoms with Crippen LogP contribution < -0.4 is 5.11 Å². The highest BCUT2D eigenvalue weighted by Gasteiger charge is 2.25. The molecule has 0 aromatic heterocycles. The molecule has 0 saturated heterocycles. The number of esters is 2. The number of carboxylic acids is 1. The number of quaternary nitrogens is 1. The molecule has 0 bridgehead atoms. The fourth-order valence-electron chi connectivity index (χ4n) is 7.01. The lowest BCUT2D eigenvalue weighted by molar-refractivity contribution is -0.889. The molecule has 2 unspecified atom stereocenters. The van der Waals surface area contributed by atoms with Gasteiger partial charge in [-0.2, -0.15) is 0 Å². The molecule has 2 atom stereocenters. The maximum atomic E-state index is 12.7. The summed E-state index contributed by atoms with van der Waals surface area (Å²) in [5.74, 6) is -1.77. The first-order valence-corrected chi connectivity index (χ1v) is 24.2. The summed E-state index contributed by atoms with van der Waals surface area (Å²) in [6.45, 7) is 4.51. The van der Waals surface area contributed by atoms with Gasteiger partial charge >= 0.3 is 11.9 Å². The van der Waals surface area contributed by atoms with Crippen molar-refractivity contribution in [1.29, 1.82) is 0 Å². The SMILES string of the molecule is CC/C=C/C=C/C=C/CCCCCCCC(=O)OC(COCCC(C(=O)[O-])[N+](C)(C)C)COC(=O)CCCCCCCCC/C=C/CCCCCCCCCCCCC. The number of unbranched alkanes of at least 4 members (excludes halogenated alkanes) is 23. The molecule has 0 aromatic rings. The molecule has 0 rings (SSSR count). The van der Waals surface area contributed by atoms with Gasteiger partial charge in [-0.15, -0.1) is 0 Å². The Kier molecular flexibility index (Phi) is 40.1. The van der Waals surface area contributed by atoms with E-state index in [2.05, 4.69) is 56.4 Å². The van der Waals surface area contributed by atoms with Gasteiger partial charge in [0.2, 0.25) is 0 Å². The third-order valence-electron chi connectivity index (χ3n) is 10.8. The van der Waals surface area contributed by atoms with E-state index in [1.54, 1.807) is 21.1 Å². The second-order valence-electron chi connectivity index (χ2n) is 17.4. The van der Waals surface area contributed by atoms with Crippen molar-refractivity contribution in [2.75, 3.05) is 41.0 Å². The fraction of sp³-hybridized carbons (Fsp3) is 0.784. The Morgan fingerprint density at radius 3 is 1.44 bits per heavy atom. The van der Waals surface area contributed by atoms with Gasteiger partial charge in [-0.05, 0) is 57.8 Å². The van der Waals surface area contributed by atoms with Gasteiger partial charge in [-0.3, -0.25) is 9.59 Å². The van der Waals surface area contributed by atoms with Crippen molar-refractivity contribution in [3.8, 4) is 0 Å². The maximum Gasteiger partial charge on any atom is 0.306 e. The van der Waals surface area contributed by atoms with Crippen LogP contribution in [0.2, 0.25) is 0 Å². The van der Waals surface area contributed by atoms with E-state index in [9.17, 15) is 19.5 Å². The molecule has 0 heterocycles. The molecule has 0 aliphatic heterocycles. The first-order chi connectivity index (χ1) is 28.6. The quantitative estimate of drug-likeness (QED) is 0.0198. The monoisotopic (exact) mass is 830 g/mol. The van der Waals surface area contributed by atoms with E-state index in [0.29, 0.717) is 12.8 Å². The van der Waals surface area contributed by atoms with Crippen molar-refractivity contribution in [2.45, 2.75) is 219 Å². The number of hydrogen-bond donors (Lipinski definition) is 0. The fourth-order valence-corrected chi connectivity index (χ4v) is 7.01. The largest absolute Gasteiger partial charge is 0.544 e. The van der Waals surface area contributed by atoms with Gasteiger partial charge in [0, 0.05) is 19.3 Å². The van der Waals surface area contributed by atoms with Gasteiger partial charge in [0.1, 0.15) is 12.6 Å². The zero-order valence-electron chi connectivity index (χ0n) is 38.9. The molecule has 0 N–H and O–H groups in total. The summed E-state index contributed by atoms with van der Waals surface area (Å²) in [7, 11) is 5.40. The Morgan fingerprint density at radius 2 is 0.966 bits per heavy atom. The van der Waals surface area contributed by atoms with Gasteiger partial charge < -0.3 is 28.6 Å². The van der Waals surface area contributed by atoms with Crippen LogP contribution >= 0.6 is 0 Å². The van der Waals surface area contributed by atoms with E-state index >= 15 is 0 Å². The highest BCUT2D eigenvalue weighted by atomic mass is 16.6. The minimum absolute atomic E-state index is 0.0305. The normalized spacial score (nSPS) is 13.3. The third-order valence-corrected chi connectivity index (χ3v) is 10.8. The Bertz CT molecular complexity index is 1110. The topological polar surface area (TPSA) is 102 Å². The average molecular weight is 830 g/mol. The van der Waals surface area contributed by atoms with Gasteiger partial charge in [0.05, 0.1) is 40.3 Å². The van der Waals surface area contributed by atoms with Crippen LogP contribution in [0.3, 0.4) is 0 Å². The van der Waals surface area contributed by atoms with Gasteiger partial charge in [-0.25, -0.2) is 0 Å². The second-order valence-corrected chi connectivity index (χ2v) is 17.4. The summed E-state index contributed by atoms with van der Waals surface area (Å²) < 4.78 is 17.2. The number of aliphatic carboxylic acids is 1. The molecule has 0 amide bonds. The first kappa shape index (κ1) is 56.3. The lowest BCUT2D eigenvalue weighted by Crippen LogP contribution is -2.55. The number of ether oxygens (including phenoxy) is 3. The van der Waals surface area contributed by atoms with Crippen LogP contribution in [0.25, 0.3) is 0 Å². The van der Waals surface area contributed by atoms with E-state index in [4.69, 9.17) is 14.2 Å². The first-order valence-electron chi connectivity index (χ1n) is 24.2. The molecule has 0 aliphatic carbocycles. The standard InChI is InChI=1S/C51H91NO7/c1-6-8-10-12-14-16-18-20-21-22-23-24-25-26-27-28-30-31-33-35-37-39-41-49(53)58-46-47(45-57-44-43-48(51(55)56)52(3,4)5)59-50(54)42-40-38-36-34-32-29-19-17-15-13-11-9-7-2/h9,11,13,15,17,19,25-26,47-48H,6-8,10,12,14,16,18,20-24,27-46H2,1-5H3/b11-9+,15-13+,19-17+,26-25+. The Morgan fingerprint density at radius 1 is 0.525 bits per heavy atom. The number of carboxylic acid groups (broad SMARTS) is 1. The molecular formula is C51H91NO7. The molecule has 8 heteroatoms. The molecule has 342 valence electrons. The van der Waals surface area contributed by atoms with Gasteiger partial charge in [0.15, 0.2) is 6.10 Å². The minimum atomic E-state index is -1.13. The molecule has 0 radical (unpaired) electrons. The van der Waals surface area contributed by atoms with Crippen molar-refractivity contribution in [2.24, 2.45) is 0 Å². The molecule has 59 heavy (non-hydrogen) atoms. The minimum Gasteiger partial charge on any atom is -0.544 e. The van der Waals surface area contributed by atoms with Crippen LogP contribution in [0.15, 0.2) is 48.6 Å². The molecule has 0 spiro atoms. The van der Waals surface area contributed by atoms with Gasteiger partial charge in [-0.1, -0.05) is 178 Å². The number of likely N-dealkylation sites (N-methyl/N-ethyl adjacent to an activating group) is 1. The Labute approximate surface area is 363 Å². The van der Waals surface area contributed by atoms with E-state index in [1.807, 2.05) is 6.08 Å². The smallest absolute Gasteiger partial charge is 0.306 e. The Hall–Kier alpha value is -2.71. The highest BCUT2D eigenvalue weighted by molar-refractivity contribution is 5.70. The zero-order valence-corrected chi connectivity index (χ0v) is 38.9. The van der Waals surface area contributed by atoms with Crippen LogP contribution in [0.4, 0.5) is 0 Å². The lowest BCUT2D eigenvalue weighted by Gasteiger charge is -2.34. The molecule has 0 fully saturated rings. The van der Waals surface area contributed by atoms with Crippen molar-refractivity contribution < 1.29 is 38.2 Å². The summed E-state index contributed by atoms with van der Waals surface area (Å²) in [6, 6.07) is -0.731. The molecular weight excluding hydrogens is 739 g/mol. The van der Waals surface area contributed by atoms with E-state index in [-0.39, 0.29) is 42.7 Å². The third kappa shape index (κ3) is 40.5. The van der Waals surface area contributed by atoms with E-state index in [1.165, 1.54) is 109 Å². The molecule has 8 nitrogen and oxygen atoms in total. The Balaban J connectivity index is 4.23.